The highest BCUT2D eigenvalue weighted by Crippen LogP contribution is 2.20. The maximum Gasteiger partial charge on any atom is 0.265 e. The minimum absolute atomic E-state index is 0.179. The van der Waals surface area contributed by atoms with Crippen molar-refractivity contribution < 1.29 is 14.3 Å². The number of aryl methyl sites for hydroxylation is 1. The molecule has 5 heteroatoms. The molecule has 0 aliphatic carbocycles. The van der Waals surface area contributed by atoms with Gasteiger partial charge in [-0.2, -0.15) is 0 Å². The number of hydrogen-bond acceptors (Lipinski definition) is 3. The average molecular weight is 368 g/mol. The van der Waals surface area contributed by atoms with Gasteiger partial charge in [-0.05, 0) is 63.9 Å². The van der Waals surface area contributed by atoms with Crippen molar-refractivity contribution in [3.05, 3.63) is 59.7 Å². The SMILES string of the molecule is CCC(Oc1ccccc1C)C(=O)Nc1cccc(C(=O)NC(C)(C)C)c1. The lowest BCUT2D eigenvalue weighted by atomic mass is 10.1. The first-order valence-corrected chi connectivity index (χ1v) is 9.15. The molecule has 0 aromatic heterocycles. The van der Waals surface area contributed by atoms with Crippen LogP contribution in [-0.2, 0) is 4.79 Å². The zero-order chi connectivity index (χ0) is 20.0. The molecule has 0 saturated heterocycles. The quantitative estimate of drug-likeness (QED) is 0.798. The van der Waals surface area contributed by atoms with Crippen LogP contribution in [0.15, 0.2) is 48.5 Å². The zero-order valence-corrected chi connectivity index (χ0v) is 16.6. The molecule has 1 unspecified atom stereocenters. The Bertz CT molecular complexity index is 809. The van der Waals surface area contributed by atoms with Crippen LogP contribution in [0.2, 0.25) is 0 Å². The average Bonchev–Trinajstić information content (AvgIpc) is 2.59. The molecule has 144 valence electrons. The van der Waals surface area contributed by atoms with E-state index in [2.05, 4.69) is 10.6 Å². The molecule has 2 amide bonds. The zero-order valence-electron chi connectivity index (χ0n) is 16.6. The predicted molar refractivity (Wildman–Crippen MR) is 108 cm³/mol. The van der Waals surface area contributed by atoms with Gasteiger partial charge in [0.1, 0.15) is 5.75 Å². The van der Waals surface area contributed by atoms with E-state index in [1.165, 1.54) is 0 Å². The van der Waals surface area contributed by atoms with Crippen molar-refractivity contribution >= 4 is 17.5 Å². The van der Waals surface area contributed by atoms with Crippen LogP contribution < -0.4 is 15.4 Å². The molecular weight excluding hydrogens is 340 g/mol. The van der Waals surface area contributed by atoms with Gasteiger partial charge < -0.3 is 15.4 Å². The summed E-state index contributed by atoms with van der Waals surface area (Å²) in [5, 5.41) is 5.76. The van der Waals surface area contributed by atoms with Gasteiger partial charge in [-0.15, -0.1) is 0 Å². The van der Waals surface area contributed by atoms with Crippen LogP contribution in [0.3, 0.4) is 0 Å². The molecule has 0 radical (unpaired) electrons. The van der Waals surface area contributed by atoms with Crippen molar-refractivity contribution in [2.75, 3.05) is 5.32 Å². The van der Waals surface area contributed by atoms with Crippen LogP contribution in [0.1, 0.15) is 50.0 Å². The van der Waals surface area contributed by atoms with Crippen molar-refractivity contribution in [3.8, 4) is 5.75 Å². The standard InChI is InChI=1S/C22H28N2O3/c1-6-18(27-19-13-8-7-10-15(19)2)21(26)23-17-12-9-11-16(14-17)20(25)24-22(3,4)5/h7-14,18H,6H2,1-5H3,(H,23,26)(H,24,25). The van der Waals surface area contributed by atoms with E-state index in [9.17, 15) is 9.59 Å². The highest BCUT2D eigenvalue weighted by Gasteiger charge is 2.20. The maximum absolute atomic E-state index is 12.6. The summed E-state index contributed by atoms with van der Waals surface area (Å²) in [6.45, 7) is 9.61. The number of hydrogen-bond donors (Lipinski definition) is 2. The second-order valence-corrected chi connectivity index (χ2v) is 7.55. The highest BCUT2D eigenvalue weighted by molar-refractivity contribution is 5.98. The number of rotatable bonds is 6. The molecule has 5 nitrogen and oxygen atoms in total. The summed E-state index contributed by atoms with van der Waals surface area (Å²) in [5.74, 6) is 0.272. The van der Waals surface area contributed by atoms with Gasteiger partial charge in [0.25, 0.3) is 11.8 Å². The lowest BCUT2D eigenvalue weighted by Gasteiger charge is -2.21. The first-order chi connectivity index (χ1) is 12.7. The lowest BCUT2D eigenvalue weighted by molar-refractivity contribution is -0.122. The Hall–Kier alpha value is -2.82. The third-order valence-corrected chi connectivity index (χ3v) is 3.91. The summed E-state index contributed by atoms with van der Waals surface area (Å²) in [6, 6.07) is 14.5. The van der Waals surface area contributed by atoms with E-state index in [-0.39, 0.29) is 17.4 Å². The molecule has 0 saturated carbocycles. The number of para-hydroxylation sites is 1. The first kappa shape index (κ1) is 20.5. The van der Waals surface area contributed by atoms with Crippen molar-refractivity contribution in [1.82, 2.24) is 5.32 Å². The summed E-state index contributed by atoms with van der Waals surface area (Å²) in [6.07, 6.45) is -0.0807. The third-order valence-electron chi connectivity index (χ3n) is 3.91. The van der Waals surface area contributed by atoms with E-state index >= 15 is 0 Å². The molecule has 2 N–H and O–H groups in total. The molecule has 2 rings (SSSR count). The van der Waals surface area contributed by atoms with Crippen molar-refractivity contribution in [1.29, 1.82) is 0 Å². The Morgan fingerprint density at radius 2 is 1.78 bits per heavy atom. The van der Waals surface area contributed by atoms with Gasteiger partial charge in [-0.25, -0.2) is 0 Å². The van der Waals surface area contributed by atoms with Gasteiger partial charge in [0.2, 0.25) is 0 Å². The molecule has 0 fully saturated rings. The third kappa shape index (κ3) is 6.13. The fourth-order valence-corrected chi connectivity index (χ4v) is 2.54. The van der Waals surface area contributed by atoms with Gasteiger partial charge in [0.05, 0.1) is 0 Å². The van der Waals surface area contributed by atoms with Crippen LogP contribution in [-0.4, -0.2) is 23.5 Å². The van der Waals surface area contributed by atoms with E-state index in [0.29, 0.717) is 23.4 Å². The van der Waals surface area contributed by atoms with E-state index in [0.717, 1.165) is 5.56 Å². The number of benzene rings is 2. The molecule has 2 aromatic rings. The number of nitrogens with one attached hydrogen (secondary N) is 2. The minimum Gasteiger partial charge on any atom is -0.480 e. The van der Waals surface area contributed by atoms with E-state index in [1.807, 2.05) is 58.9 Å². The summed E-state index contributed by atoms with van der Waals surface area (Å²) in [7, 11) is 0. The maximum atomic E-state index is 12.6. The molecule has 27 heavy (non-hydrogen) atoms. The minimum atomic E-state index is -0.613. The van der Waals surface area contributed by atoms with Crippen LogP contribution >= 0.6 is 0 Å². The Morgan fingerprint density at radius 1 is 1.07 bits per heavy atom. The normalized spacial score (nSPS) is 12.2. The van der Waals surface area contributed by atoms with Crippen molar-refractivity contribution in [2.45, 2.75) is 52.7 Å². The molecule has 0 aliphatic heterocycles. The van der Waals surface area contributed by atoms with Crippen LogP contribution in [0.5, 0.6) is 5.75 Å². The Balaban J connectivity index is 2.09. The van der Waals surface area contributed by atoms with Gasteiger partial charge in [-0.3, -0.25) is 9.59 Å². The van der Waals surface area contributed by atoms with E-state index in [1.54, 1.807) is 24.3 Å². The molecule has 1 atom stereocenters. The summed E-state index contributed by atoms with van der Waals surface area (Å²) in [4.78, 5) is 25.0. The molecule has 0 spiro atoms. The number of anilines is 1. The second-order valence-electron chi connectivity index (χ2n) is 7.55. The lowest BCUT2D eigenvalue weighted by Crippen LogP contribution is -2.40. The number of ether oxygens (including phenoxy) is 1. The van der Waals surface area contributed by atoms with Crippen molar-refractivity contribution in [3.63, 3.8) is 0 Å². The van der Waals surface area contributed by atoms with Crippen molar-refractivity contribution in [2.24, 2.45) is 0 Å². The summed E-state index contributed by atoms with van der Waals surface area (Å²) >= 11 is 0. The van der Waals surface area contributed by atoms with Gasteiger partial charge in [0, 0.05) is 16.8 Å². The van der Waals surface area contributed by atoms with Crippen LogP contribution in [0, 0.1) is 6.92 Å². The smallest absolute Gasteiger partial charge is 0.265 e. The fraction of sp³-hybridized carbons (Fsp3) is 0.364. The second kappa shape index (κ2) is 8.71. The molecule has 0 bridgehead atoms. The largest absolute Gasteiger partial charge is 0.480 e. The fourth-order valence-electron chi connectivity index (χ4n) is 2.54. The number of carbonyl (C=O) groups is 2. The van der Waals surface area contributed by atoms with Gasteiger partial charge >= 0.3 is 0 Å². The number of carbonyl (C=O) groups excluding carboxylic acids is 2. The summed E-state index contributed by atoms with van der Waals surface area (Å²) < 4.78 is 5.88. The van der Waals surface area contributed by atoms with Crippen LogP contribution in [0.25, 0.3) is 0 Å². The number of amides is 2. The summed E-state index contributed by atoms with van der Waals surface area (Å²) in [5.41, 5.74) is 1.71. The molecule has 2 aromatic carbocycles. The van der Waals surface area contributed by atoms with E-state index in [4.69, 9.17) is 4.74 Å². The highest BCUT2D eigenvalue weighted by atomic mass is 16.5. The predicted octanol–water partition coefficient (Wildman–Crippen LogP) is 4.32. The Morgan fingerprint density at radius 3 is 2.41 bits per heavy atom. The Labute approximate surface area is 161 Å². The molecule has 0 aliphatic rings. The van der Waals surface area contributed by atoms with Gasteiger partial charge in [0.15, 0.2) is 6.10 Å². The monoisotopic (exact) mass is 368 g/mol. The Kier molecular flexibility index (Phi) is 6.61. The first-order valence-electron chi connectivity index (χ1n) is 9.15. The topological polar surface area (TPSA) is 67.4 Å². The van der Waals surface area contributed by atoms with E-state index < -0.39 is 6.10 Å². The van der Waals surface area contributed by atoms with Gasteiger partial charge in [-0.1, -0.05) is 31.2 Å². The van der Waals surface area contributed by atoms with Crippen LogP contribution in [0.4, 0.5) is 5.69 Å². The molecule has 0 heterocycles. The molecular formula is C22H28N2O3.